The lowest BCUT2D eigenvalue weighted by Crippen LogP contribution is -2.02. The molecule has 0 aliphatic rings. The van der Waals surface area contributed by atoms with Crippen molar-refractivity contribution >= 4 is 6.16 Å². The number of alkyl halides is 1. The monoisotopic (exact) mass is 178 g/mol. The van der Waals surface area contributed by atoms with E-state index in [1.807, 2.05) is 0 Å². The van der Waals surface area contributed by atoms with Crippen molar-refractivity contribution in [3.8, 4) is 0 Å². The first-order chi connectivity index (χ1) is 5.57. The Labute approximate surface area is 68.0 Å². The first-order valence-electron chi connectivity index (χ1n) is 3.05. The Morgan fingerprint density at radius 1 is 1.75 bits per heavy atom. The van der Waals surface area contributed by atoms with E-state index in [1.165, 1.54) is 0 Å². The predicted octanol–water partition coefficient (Wildman–Crippen LogP) is 2.06. The van der Waals surface area contributed by atoms with Crippen LogP contribution in [-0.4, -0.2) is 24.0 Å². The summed E-state index contributed by atoms with van der Waals surface area (Å²) < 4.78 is 28.6. The molecule has 0 spiro atoms. The number of allylic oxidation sites excluding steroid dienone is 2. The number of hydrogen-bond acceptors (Lipinski definition) is 2. The van der Waals surface area contributed by atoms with Crippen LogP contribution in [0.1, 0.15) is 0 Å². The van der Waals surface area contributed by atoms with Crippen molar-refractivity contribution in [1.29, 1.82) is 0 Å². The maximum atomic E-state index is 12.4. The van der Waals surface area contributed by atoms with Crippen molar-refractivity contribution < 1.29 is 23.4 Å². The molecule has 0 rings (SSSR count). The van der Waals surface area contributed by atoms with Crippen molar-refractivity contribution in [3.05, 3.63) is 24.6 Å². The smallest absolute Gasteiger partial charge is 0.450 e. The highest BCUT2D eigenvalue weighted by atomic mass is 19.2. The summed E-state index contributed by atoms with van der Waals surface area (Å²) in [4.78, 5) is 9.73. The third-order valence-corrected chi connectivity index (χ3v) is 0.956. The van der Waals surface area contributed by atoms with E-state index >= 15 is 0 Å². The fourth-order valence-electron chi connectivity index (χ4n) is 0.418. The Balaban J connectivity index is 3.83. The zero-order chi connectivity index (χ0) is 9.56. The molecule has 0 aliphatic heterocycles. The number of carbonyl (C=O) groups is 1. The SMILES string of the molecule is C=CC(F)C(F)=CCOC(=O)O. The molecule has 0 saturated carbocycles. The van der Waals surface area contributed by atoms with Crippen LogP contribution in [0.25, 0.3) is 0 Å². The molecule has 0 aromatic heterocycles. The Bertz CT molecular complexity index is 201. The summed E-state index contributed by atoms with van der Waals surface area (Å²) in [5.74, 6) is -1.11. The summed E-state index contributed by atoms with van der Waals surface area (Å²) >= 11 is 0. The average Bonchev–Trinajstić information content (AvgIpc) is 2.02. The molecule has 0 bridgehead atoms. The van der Waals surface area contributed by atoms with Gasteiger partial charge in [0.05, 0.1) is 0 Å². The van der Waals surface area contributed by atoms with E-state index in [9.17, 15) is 13.6 Å². The molecule has 0 aliphatic carbocycles. The summed E-state index contributed by atoms with van der Waals surface area (Å²) in [6.45, 7) is 2.51. The lowest BCUT2D eigenvalue weighted by Gasteiger charge is -1.98. The second-order valence-electron chi connectivity index (χ2n) is 1.80. The fraction of sp³-hybridized carbons (Fsp3) is 0.286. The molecule has 68 valence electrons. The number of ether oxygens (including phenoxy) is 1. The van der Waals surface area contributed by atoms with Crippen LogP contribution in [-0.2, 0) is 4.74 Å². The average molecular weight is 178 g/mol. The Morgan fingerprint density at radius 2 is 2.33 bits per heavy atom. The van der Waals surface area contributed by atoms with Crippen LogP contribution in [0.5, 0.6) is 0 Å². The first kappa shape index (κ1) is 10.6. The molecule has 0 aromatic rings. The lowest BCUT2D eigenvalue weighted by atomic mass is 10.3. The van der Waals surface area contributed by atoms with Crippen molar-refractivity contribution in [3.63, 3.8) is 0 Å². The molecule has 1 unspecified atom stereocenters. The second kappa shape index (κ2) is 5.29. The van der Waals surface area contributed by atoms with Crippen LogP contribution in [0.2, 0.25) is 0 Å². The van der Waals surface area contributed by atoms with Crippen LogP contribution in [0.3, 0.4) is 0 Å². The highest BCUT2D eigenvalue weighted by Gasteiger charge is 2.06. The van der Waals surface area contributed by atoms with Gasteiger partial charge in [-0.1, -0.05) is 12.7 Å². The minimum absolute atomic E-state index is 0.505. The largest absolute Gasteiger partial charge is 0.506 e. The van der Waals surface area contributed by atoms with E-state index in [4.69, 9.17) is 5.11 Å². The van der Waals surface area contributed by atoms with Crippen LogP contribution in [0.4, 0.5) is 13.6 Å². The zero-order valence-corrected chi connectivity index (χ0v) is 6.17. The van der Waals surface area contributed by atoms with Gasteiger partial charge >= 0.3 is 6.16 Å². The molecule has 0 amide bonds. The lowest BCUT2D eigenvalue weighted by molar-refractivity contribution is 0.101. The van der Waals surface area contributed by atoms with Crippen molar-refractivity contribution in [2.75, 3.05) is 6.61 Å². The van der Waals surface area contributed by atoms with Gasteiger partial charge in [0, 0.05) is 0 Å². The summed E-state index contributed by atoms with van der Waals surface area (Å²) in [6, 6.07) is 0. The van der Waals surface area contributed by atoms with E-state index in [0.717, 1.165) is 6.08 Å². The van der Waals surface area contributed by atoms with Gasteiger partial charge in [-0.3, -0.25) is 0 Å². The van der Waals surface area contributed by atoms with Crippen molar-refractivity contribution in [2.45, 2.75) is 6.17 Å². The number of hydrogen-bond donors (Lipinski definition) is 1. The van der Waals surface area contributed by atoms with Crippen LogP contribution >= 0.6 is 0 Å². The second-order valence-corrected chi connectivity index (χ2v) is 1.80. The van der Waals surface area contributed by atoms with Gasteiger partial charge in [0.15, 0.2) is 6.17 Å². The Hall–Kier alpha value is -1.39. The summed E-state index contributed by atoms with van der Waals surface area (Å²) in [5.41, 5.74) is 0. The molecule has 3 nitrogen and oxygen atoms in total. The molecule has 12 heavy (non-hydrogen) atoms. The van der Waals surface area contributed by atoms with Crippen LogP contribution in [0.15, 0.2) is 24.6 Å². The maximum Gasteiger partial charge on any atom is 0.506 e. The van der Waals surface area contributed by atoms with Gasteiger partial charge in [-0.15, -0.1) is 0 Å². The van der Waals surface area contributed by atoms with Gasteiger partial charge in [-0.25, -0.2) is 13.6 Å². The minimum atomic E-state index is -1.90. The maximum absolute atomic E-state index is 12.4. The first-order valence-corrected chi connectivity index (χ1v) is 3.05. The van der Waals surface area contributed by atoms with Gasteiger partial charge in [-0.2, -0.15) is 0 Å². The van der Waals surface area contributed by atoms with Crippen molar-refractivity contribution in [1.82, 2.24) is 0 Å². The Morgan fingerprint density at radius 3 is 2.75 bits per heavy atom. The topological polar surface area (TPSA) is 46.5 Å². The van der Waals surface area contributed by atoms with E-state index < -0.39 is 24.8 Å². The fourth-order valence-corrected chi connectivity index (χ4v) is 0.418. The zero-order valence-electron chi connectivity index (χ0n) is 6.17. The summed E-state index contributed by atoms with van der Waals surface area (Å²) in [6.07, 6.45) is -1.98. The van der Waals surface area contributed by atoms with E-state index in [-0.39, 0.29) is 0 Å². The number of rotatable bonds is 4. The van der Waals surface area contributed by atoms with E-state index in [2.05, 4.69) is 11.3 Å². The van der Waals surface area contributed by atoms with Crippen LogP contribution in [0, 0.1) is 0 Å². The van der Waals surface area contributed by atoms with Gasteiger partial charge in [0.25, 0.3) is 0 Å². The van der Waals surface area contributed by atoms with Gasteiger partial charge in [0.1, 0.15) is 12.4 Å². The van der Waals surface area contributed by atoms with Gasteiger partial charge < -0.3 is 9.84 Å². The number of halogens is 2. The van der Waals surface area contributed by atoms with Crippen LogP contribution < -0.4 is 0 Å². The highest BCUT2D eigenvalue weighted by Crippen LogP contribution is 2.08. The Kier molecular flexibility index (Phi) is 4.67. The van der Waals surface area contributed by atoms with E-state index in [1.54, 1.807) is 0 Å². The highest BCUT2D eigenvalue weighted by molar-refractivity contribution is 5.56. The molecular weight excluding hydrogens is 170 g/mol. The minimum Gasteiger partial charge on any atom is -0.450 e. The predicted molar refractivity (Wildman–Crippen MR) is 38.3 cm³/mol. The van der Waals surface area contributed by atoms with E-state index in [0.29, 0.717) is 6.08 Å². The molecule has 1 N–H and O–H groups in total. The summed E-state index contributed by atoms with van der Waals surface area (Å²) in [7, 11) is 0. The molecule has 1 atom stereocenters. The molecule has 0 fully saturated rings. The third-order valence-electron chi connectivity index (χ3n) is 0.956. The molecular formula is C7H8F2O3. The molecule has 0 heterocycles. The number of carboxylic acid groups (broad SMARTS) is 1. The van der Waals surface area contributed by atoms with Gasteiger partial charge in [0.2, 0.25) is 0 Å². The third kappa shape index (κ3) is 4.43. The normalized spacial score (nSPS) is 13.7. The van der Waals surface area contributed by atoms with Gasteiger partial charge in [-0.05, 0) is 6.08 Å². The van der Waals surface area contributed by atoms with Crippen molar-refractivity contribution in [2.24, 2.45) is 0 Å². The molecule has 0 radical (unpaired) electrons. The quantitative estimate of drug-likeness (QED) is 0.529. The molecule has 0 aromatic carbocycles. The molecule has 5 heteroatoms. The summed E-state index contributed by atoms with van der Waals surface area (Å²) in [5, 5.41) is 7.93. The standard InChI is InChI=1S/C7H8F2O3/c1-2-5(8)6(9)3-4-12-7(10)11/h2-3,5H,1,4H2,(H,10,11). The molecule has 0 saturated heterocycles.